The number of piperidine rings is 1. The topological polar surface area (TPSA) is 32.3 Å². The average Bonchev–Trinajstić information content (AvgIpc) is 2.04. The standard InChI is InChI=1S/C8H14N2O/c11-8-5-4-7-3-1-2-6-10(7)9-8/h7H,1-6H2,(H,9,11). The van der Waals surface area contributed by atoms with E-state index in [1.54, 1.807) is 0 Å². The predicted octanol–water partition coefficient (Wildman–Crippen LogP) is 0.666. The first kappa shape index (κ1) is 7.10. The zero-order valence-electron chi connectivity index (χ0n) is 6.68. The van der Waals surface area contributed by atoms with E-state index >= 15 is 0 Å². The Morgan fingerprint density at radius 3 is 3.18 bits per heavy atom. The van der Waals surface area contributed by atoms with E-state index in [9.17, 15) is 4.79 Å². The van der Waals surface area contributed by atoms with Gasteiger partial charge in [0.1, 0.15) is 0 Å². The van der Waals surface area contributed by atoms with Gasteiger partial charge in [-0.3, -0.25) is 10.2 Å². The van der Waals surface area contributed by atoms with Gasteiger partial charge in [0.25, 0.3) is 0 Å². The molecule has 1 atom stereocenters. The van der Waals surface area contributed by atoms with Gasteiger partial charge in [-0.05, 0) is 19.3 Å². The highest BCUT2D eigenvalue weighted by Gasteiger charge is 2.27. The number of rotatable bonds is 0. The molecular formula is C8H14N2O. The van der Waals surface area contributed by atoms with Crippen molar-refractivity contribution in [1.29, 1.82) is 0 Å². The minimum atomic E-state index is 0.197. The fourth-order valence-corrected chi connectivity index (χ4v) is 1.96. The highest BCUT2D eigenvalue weighted by atomic mass is 16.2. The molecule has 1 unspecified atom stereocenters. The molecular weight excluding hydrogens is 140 g/mol. The number of hydrazine groups is 1. The van der Waals surface area contributed by atoms with Crippen LogP contribution in [0.5, 0.6) is 0 Å². The van der Waals surface area contributed by atoms with Crippen molar-refractivity contribution >= 4 is 5.91 Å². The van der Waals surface area contributed by atoms with Crippen molar-refractivity contribution in [1.82, 2.24) is 10.4 Å². The van der Waals surface area contributed by atoms with E-state index in [0.717, 1.165) is 19.4 Å². The lowest BCUT2D eigenvalue weighted by atomic mass is 9.98. The van der Waals surface area contributed by atoms with Crippen LogP contribution in [0.15, 0.2) is 0 Å². The Kier molecular flexibility index (Phi) is 1.82. The first-order valence-electron chi connectivity index (χ1n) is 4.42. The molecule has 0 aliphatic carbocycles. The van der Waals surface area contributed by atoms with E-state index < -0.39 is 0 Å². The molecule has 2 aliphatic rings. The van der Waals surface area contributed by atoms with Crippen LogP contribution < -0.4 is 5.43 Å². The van der Waals surface area contributed by atoms with E-state index in [4.69, 9.17) is 0 Å². The van der Waals surface area contributed by atoms with Crippen molar-refractivity contribution < 1.29 is 4.79 Å². The summed E-state index contributed by atoms with van der Waals surface area (Å²) >= 11 is 0. The second-order valence-electron chi connectivity index (χ2n) is 3.42. The van der Waals surface area contributed by atoms with Crippen LogP contribution in [0.3, 0.4) is 0 Å². The third-order valence-corrected chi connectivity index (χ3v) is 2.60. The maximum absolute atomic E-state index is 11.0. The van der Waals surface area contributed by atoms with Crippen LogP contribution >= 0.6 is 0 Å². The number of carbonyl (C=O) groups excluding carboxylic acids is 1. The first-order valence-corrected chi connectivity index (χ1v) is 4.42. The van der Waals surface area contributed by atoms with E-state index in [0.29, 0.717) is 6.04 Å². The summed E-state index contributed by atoms with van der Waals surface area (Å²) in [6.07, 6.45) is 5.61. The second-order valence-corrected chi connectivity index (χ2v) is 3.42. The molecule has 1 N–H and O–H groups in total. The third-order valence-electron chi connectivity index (χ3n) is 2.60. The minimum absolute atomic E-state index is 0.197. The third kappa shape index (κ3) is 1.38. The summed E-state index contributed by atoms with van der Waals surface area (Å²) in [5, 5.41) is 2.12. The summed E-state index contributed by atoms with van der Waals surface area (Å²) in [4.78, 5) is 11.0. The Hall–Kier alpha value is -0.570. The number of nitrogens with one attached hydrogen (secondary N) is 1. The van der Waals surface area contributed by atoms with Crippen LogP contribution in [0, 0.1) is 0 Å². The Morgan fingerprint density at radius 1 is 1.36 bits per heavy atom. The lowest BCUT2D eigenvalue weighted by molar-refractivity contribution is -0.132. The lowest BCUT2D eigenvalue weighted by Gasteiger charge is -2.38. The molecule has 1 amide bonds. The molecule has 0 aromatic rings. The van der Waals surface area contributed by atoms with E-state index in [-0.39, 0.29) is 5.91 Å². The van der Waals surface area contributed by atoms with Gasteiger partial charge in [0.2, 0.25) is 5.91 Å². The fourth-order valence-electron chi connectivity index (χ4n) is 1.96. The number of hydrogen-bond acceptors (Lipinski definition) is 2. The van der Waals surface area contributed by atoms with Crippen LogP contribution in [0.2, 0.25) is 0 Å². The zero-order valence-corrected chi connectivity index (χ0v) is 6.68. The Balaban J connectivity index is 1.98. The summed E-state index contributed by atoms with van der Waals surface area (Å²) in [6.45, 7) is 1.05. The van der Waals surface area contributed by atoms with Crippen LogP contribution in [-0.2, 0) is 4.79 Å². The molecule has 2 heterocycles. The molecule has 0 spiro atoms. The highest BCUT2D eigenvalue weighted by molar-refractivity contribution is 5.76. The first-order chi connectivity index (χ1) is 5.36. The largest absolute Gasteiger partial charge is 0.289 e. The SMILES string of the molecule is O=C1CCC2CCCCN2N1. The lowest BCUT2D eigenvalue weighted by Crippen LogP contribution is -2.54. The molecule has 2 fully saturated rings. The van der Waals surface area contributed by atoms with Gasteiger partial charge in [0.15, 0.2) is 0 Å². The van der Waals surface area contributed by atoms with Crippen molar-refractivity contribution in [3.63, 3.8) is 0 Å². The van der Waals surface area contributed by atoms with Crippen LogP contribution in [0.1, 0.15) is 32.1 Å². The summed E-state index contributed by atoms with van der Waals surface area (Å²) in [7, 11) is 0. The molecule has 62 valence electrons. The van der Waals surface area contributed by atoms with Gasteiger partial charge in [0, 0.05) is 19.0 Å². The predicted molar refractivity (Wildman–Crippen MR) is 41.7 cm³/mol. The van der Waals surface area contributed by atoms with Gasteiger partial charge in [-0.25, -0.2) is 5.01 Å². The van der Waals surface area contributed by atoms with Crippen LogP contribution in [0.25, 0.3) is 0 Å². The van der Waals surface area contributed by atoms with Crippen molar-refractivity contribution in [3.8, 4) is 0 Å². The number of fused-ring (bicyclic) bond motifs is 1. The maximum atomic E-state index is 11.0. The van der Waals surface area contributed by atoms with E-state index in [2.05, 4.69) is 10.4 Å². The Bertz CT molecular complexity index is 169. The van der Waals surface area contributed by atoms with Gasteiger partial charge < -0.3 is 0 Å². The van der Waals surface area contributed by atoms with Gasteiger partial charge in [-0.1, -0.05) is 6.42 Å². The molecule has 0 aromatic heterocycles. The monoisotopic (exact) mass is 154 g/mol. The number of amides is 1. The normalized spacial score (nSPS) is 32.7. The smallest absolute Gasteiger partial charge is 0.234 e. The Labute approximate surface area is 66.7 Å². The maximum Gasteiger partial charge on any atom is 0.234 e. The average molecular weight is 154 g/mol. The molecule has 2 saturated heterocycles. The molecule has 2 aliphatic heterocycles. The molecule has 0 radical (unpaired) electrons. The zero-order chi connectivity index (χ0) is 7.68. The molecule has 0 saturated carbocycles. The highest BCUT2D eigenvalue weighted by Crippen LogP contribution is 2.21. The molecule has 11 heavy (non-hydrogen) atoms. The fraction of sp³-hybridized carbons (Fsp3) is 0.875. The summed E-state index contributed by atoms with van der Waals surface area (Å²) < 4.78 is 0. The molecule has 0 aromatic carbocycles. The van der Waals surface area contributed by atoms with E-state index in [1.807, 2.05) is 0 Å². The van der Waals surface area contributed by atoms with Crippen molar-refractivity contribution in [2.24, 2.45) is 0 Å². The van der Waals surface area contributed by atoms with Crippen LogP contribution in [-0.4, -0.2) is 23.5 Å². The van der Waals surface area contributed by atoms with Gasteiger partial charge in [-0.2, -0.15) is 0 Å². The quantitative estimate of drug-likeness (QED) is 0.556. The summed E-state index contributed by atoms with van der Waals surface area (Å²) in [6, 6.07) is 0.640. The van der Waals surface area contributed by atoms with Gasteiger partial charge in [-0.15, -0.1) is 0 Å². The number of nitrogens with zero attached hydrogens (tertiary/aromatic N) is 1. The number of carbonyl (C=O) groups is 1. The number of hydrogen-bond donors (Lipinski definition) is 1. The van der Waals surface area contributed by atoms with Crippen molar-refractivity contribution in [2.45, 2.75) is 38.1 Å². The molecule has 2 rings (SSSR count). The molecule has 3 nitrogen and oxygen atoms in total. The summed E-state index contributed by atoms with van der Waals surface area (Å²) in [5.74, 6) is 0.197. The van der Waals surface area contributed by atoms with Gasteiger partial charge in [0.05, 0.1) is 0 Å². The van der Waals surface area contributed by atoms with Crippen molar-refractivity contribution in [2.75, 3.05) is 6.54 Å². The van der Waals surface area contributed by atoms with Crippen LogP contribution in [0.4, 0.5) is 0 Å². The molecule has 0 bridgehead atoms. The minimum Gasteiger partial charge on any atom is -0.289 e. The summed E-state index contributed by atoms with van der Waals surface area (Å²) in [5.41, 5.74) is 2.91. The van der Waals surface area contributed by atoms with E-state index in [1.165, 1.54) is 19.3 Å². The Morgan fingerprint density at radius 2 is 2.27 bits per heavy atom. The van der Waals surface area contributed by atoms with Crippen molar-refractivity contribution in [3.05, 3.63) is 0 Å². The van der Waals surface area contributed by atoms with Gasteiger partial charge >= 0.3 is 0 Å². The second kappa shape index (κ2) is 2.81. The molecule has 3 heteroatoms.